The maximum atomic E-state index is 11.0. The van der Waals surface area contributed by atoms with Gasteiger partial charge in [-0.25, -0.2) is 13.1 Å². The molecule has 1 aliphatic heterocycles. The highest BCUT2D eigenvalue weighted by Gasteiger charge is 2.30. The molecule has 1 heterocycles. The van der Waals surface area contributed by atoms with Crippen LogP contribution in [0.5, 0.6) is 0 Å². The molecule has 0 aromatic heterocycles. The summed E-state index contributed by atoms with van der Waals surface area (Å²) >= 11 is 0. The standard InChI is InChI=1S/C14H29N5O2S/c1-15-14(16-8-9-17-22(2,20)21)18-12-7-10-19(11-12)13-5-3-4-6-13/h12-13,17H,3-11H2,1-2H3,(H2,15,16,18). The van der Waals surface area contributed by atoms with Gasteiger partial charge in [0.2, 0.25) is 10.0 Å². The quantitative estimate of drug-likeness (QED) is 0.354. The first-order valence-corrected chi connectivity index (χ1v) is 10.0. The van der Waals surface area contributed by atoms with Gasteiger partial charge < -0.3 is 10.6 Å². The smallest absolute Gasteiger partial charge is 0.208 e. The van der Waals surface area contributed by atoms with Crippen molar-refractivity contribution in [3.63, 3.8) is 0 Å². The summed E-state index contributed by atoms with van der Waals surface area (Å²) < 4.78 is 24.4. The number of nitrogens with zero attached hydrogens (tertiary/aromatic N) is 2. The molecule has 2 fully saturated rings. The van der Waals surface area contributed by atoms with Crippen molar-refractivity contribution in [1.29, 1.82) is 0 Å². The number of nitrogens with one attached hydrogen (secondary N) is 3. The minimum Gasteiger partial charge on any atom is -0.355 e. The molecule has 3 N–H and O–H groups in total. The molecule has 1 unspecified atom stereocenters. The minimum atomic E-state index is -3.12. The number of aliphatic imine (C=N–C) groups is 1. The molecule has 2 aliphatic rings. The average Bonchev–Trinajstić information content (AvgIpc) is 3.11. The van der Waals surface area contributed by atoms with Crippen LogP contribution in [-0.4, -0.2) is 70.8 Å². The average molecular weight is 331 g/mol. The zero-order valence-corrected chi connectivity index (χ0v) is 14.5. The summed E-state index contributed by atoms with van der Waals surface area (Å²) in [6.07, 6.45) is 7.73. The molecule has 1 saturated heterocycles. The van der Waals surface area contributed by atoms with Gasteiger partial charge in [0.25, 0.3) is 0 Å². The van der Waals surface area contributed by atoms with Gasteiger partial charge in [0.05, 0.1) is 6.26 Å². The fourth-order valence-electron chi connectivity index (χ4n) is 3.31. The second-order valence-corrected chi connectivity index (χ2v) is 8.06. The predicted molar refractivity (Wildman–Crippen MR) is 89.6 cm³/mol. The van der Waals surface area contributed by atoms with E-state index in [0.29, 0.717) is 19.1 Å². The van der Waals surface area contributed by atoms with E-state index in [0.717, 1.165) is 37.8 Å². The zero-order chi connectivity index (χ0) is 16.0. The molecule has 1 atom stereocenters. The lowest BCUT2D eigenvalue weighted by atomic mass is 10.2. The van der Waals surface area contributed by atoms with Crippen molar-refractivity contribution in [3.05, 3.63) is 0 Å². The van der Waals surface area contributed by atoms with Crippen LogP contribution in [0.1, 0.15) is 32.1 Å². The van der Waals surface area contributed by atoms with E-state index in [4.69, 9.17) is 0 Å². The topological polar surface area (TPSA) is 85.8 Å². The highest BCUT2D eigenvalue weighted by atomic mass is 32.2. The first-order chi connectivity index (χ1) is 10.5. The van der Waals surface area contributed by atoms with Gasteiger partial charge in [-0.3, -0.25) is 9.89 Å². The van der Waals surface area contributed by atoms with Gasteiger partial charge >= 0.3 is 0 Å². The van der Waals surface area contributed by atoms with E-state index in [1.54, 1.807) is 7.05 Å². The van der Waals surface area contributed by atoms with Crippen LogP contribution >= 0.6 is 0 Å². The Balaban J connectivity index is 1.67. The fraction of sp³-hybridized carbons (Fsp3) is 0.929. The molecule has 0 amide bonds. The van der Waals surface area contributed by atoms with E-state index >= 15 is 0 Å². The van der Waals surface area contributed by atoms with Crippen molar-refractivity contribution in [2.45, 2.75) is 44.2 Å². The molecule has 0 aromatic rings. The van der Waals surface area contributed by atoms with Crippen molar-refractivity contribution in [2.75, 3.05) is 39.5 Å². The Labute approximate surface area is 134 Å². The Bertz CT molecular complexity index is 474. The van der Waals surface area contributed by atoms with Crippen molar-refractivity contribution in [1.82, 2.24) is 20.3 Å². The van der Waals surface area contributed by atoms with Gasteiger partial charge in [-0.2, -0.15) is 0 Å². The van der Waals surface area contributed by atoms with E-state index in [-0.39, 0.29) is 0 Å². The lowest BCUT2D eigenvalue weighted by Crippen LogP contribution is -2.47. The minimum absolute atomic E-state index is 0.360. The van der Waals surface area contributed by atoms with Crippen molar-refractivity contribution in [3.8, 4) is 0 Å². The molecular formula is C14H29N5O2S. The van der Waals surface area contributed by atoms with E-state index in [2.05, 4.69) is 25.2 Å². The van der Waals surface area contributed by atoms with E-state index < -0.39 is 10.0 Å². The highest BCUT2D eigenvalue weighted by Crippen LogP contribution is 2.26. The third-order valence-electron chi connectivity index (χ3n) is 4.41. The number of sulfonamides is 1. The van der Waals surface area contributed by atoms with Crippen LogP contribution in [0.15, 0.2) is 4.99 Å². The summed E-state index contributed by atoms with van der Waals surface area (Å²) in [5.74, 6) is 0.744. The number of guanidine groups is 1. The lowest BCUT2D eigenvalue weighted by molar-refractivity contribution is 0.242. The SMILES string of the molecule is CN=C(NCCNS(C)(=O)=O)NC1CCN(C2CCCC2)C1. The Morgan fingerprint density at radius 2 is 1.95 bits per heavy atom. The molecule has 1 aliphatic carbocycles. The molecule has 0 radical (unpaired) electrons. The maximum absolute atomic E-state index is 11.0. The van der Waals surface area contributed by atoms with Crippen molar-refractivity contribution >= 4 is 16.0 Å². The molecule has 0 spiro atoms. The first-order valence-electron chi connectivity index (χ1n) is 8.14. The van der Waals surface area contributed by atoms with Crippen LogP contribution < -0.4 is 15.4 Å². The molecule has 128 valence electrons. The molecule has 0 bridgehead atoms. The summed E-state index contributed by atoms with van der Waals surface area (Å²) in [5.41, 5.74) is 0. The second-order valence-electron chi connectivity index (χ2n) is 6.23. The van der Waals surface area contributed by atoms with Crippen molar-refractivity contribution in [2.24, 2.45) is 4.99 Å². The second kappa shape index (κ2) is 8.12. The zero-order valence-electron chi connectivity index (χ0n) is 13.6. The third kappa shape index (κ3) is 5.73. The van der Waals surface area contributed by atoms with Crippen LogP contribution in [-0.2, 0) is 10.0 Å². The number of rotatable bonds is 6. The number of hydrogen-bond acceptors (Lipinski definition) is 4. The normalized spacial score (nSPS) is 24.8. The number of likely N-dealkylation sites (tertiary alicyclic amines) is 1. The molecule has 1 saturated carbocycles. The maximum Gasteiger partial charge on any atom is 0.208 e. The molecule has 2 rings (SSSR count). The fourth-order valence-corrected chi connectivity index (χ4v) is 3.78. The van der Waals surface area contributed by atoms with Crippen LogP contribution in [0.3, 0.4) is 0 Å². The summed E-state index contributed by atoms with van der Waals surface area (Å²) in [6.45, 7) is 3.12. The molecule has 22 heavy (non-hydrogen) atoms. The van der Waals surface area contributed by atoms with Crippen LogP contribution in [0, 0.1) is 0 Å². The Kier molecular flexibility index (Phi) is 6.46. The molecule has 8 heteroatoms. The summed E-state index contributed by atoms with van der Waals surface area (Å²) in [6, 6.07) is 1.20. The molecular weight excluding hydrogens is 302 g/mol. The largest absolute Gasteiger partial charge is 0.355 e. The van der Waals surface area contributed by atoms with Gasteiger partial charge in [-0.05, 0) is 19.3 Å². The third-order valence-corrected chi connectivity index (χ3v) is 5.14. The van der Waals surface area contributed by atoms with Crippen LogP contribution in [0.4, 0.5) is 0 Å². The Hall–Kier alpha value is -0.860. The number of hydrogen-bond donors (Lipinski definition) is 3. The molecule has 0 aromatic carbocycles. The monoisotopic (exact) mass is 331 g/mol. The van der Waals surface area contributed by atoms with E-state index in [1.165, 1.54) is 25.7 Å². The van der Waals surface area contributed by atoms with Crippen LogP contribution in [0.2, 0.25) is 0 Å². The molecule has 7 nitrogen and oxygen atoms in total. The first kappa shape index (κ1) is 17.5. The van der Waals surface area contributed by atoms with E-state index in [9.17, 15) is 8.42 Å². The van der Waals surface area contributed by atoms with Crippen molar-refractivity contribution < 1.29 is 8.42 Å². The van der Waals surface area contributed by atoms with Gasteiger partial charge in [0, 0.05) is 45.3 Å². The van der Waals surface area contributed by atoms with Gasteiger partial charge in [-0.15, -0.1) is 0 Å². The predicted octanol–water partition coefficient (Wildman–Crippen LogP) is -0.282. The lowest BCUT2D eigenvalue weighted by Gasteiger charge is -2.24. The van der Waals surface area contributed by atoms with E-state index in [1.807, 2.05) is 0 Å². The van der Waals surface area contributed by atoms with Crippen LogP contribution in [0.25, 0.3) is 0 Å². The summed E-state index contributed by atoms with van der Waals surface area (Å²) in [4.78, 5) is 6.81. The summed E-state index contributed by atoms with van der Waals surface area (Å²) in [5, 5.41) is 6.58. The van der Waals surface area contributed by atoms with Gasteiger partial charge in [-0.1, -0.05) is 12.8 Å². The summed E-state index contributed by atoms with van der Waals surface area (Å²) in [7, 11) is -1.39. The Morgan fingerprint density at radius 1 is 1.23 bits per heavy atom. The van der Waals surface area contributed by atoms with Gasteiger partial charge in [0.1, 0.15) is 0 Å². The van der Waals surface area contributed by atoms with Gasteiger partial charge in [0.15, 0.2) is 5.96 Å². The highest BCUT2D eigenvalue weighted by molar-refractivity contribution is 7.88. The Morgan fingerprint density at radius 3 is 2.59 bits per heavy atom.